The molecule has 0 spiro atoms. The predicted octanol–water partition coefficient (Wildman–Crippen LogP) is 1.11. The Morgan fingerprint density at radius 3 is 2.80 bits per heavy atom. The molecular formula is C12H15N5O3. The third-order valence-corrected chi connectivity index (χ3v) is 2.71. The lowest BCUT2D eigenvalue weighted by Gasteiger charge is -2.18. The van der Waals surface area contributed by atoms with E-state index in [-0.39, 0.29) is 35.3 Å². The molecular weight excluding hydrogens is 262 g/mol. The third-order valence-electron chi connectivity index (χ3n) is 2.71. The second-order valence-electron chi connectivity index (χ2n) is 4.35. The third kappa shape index (κ3) is 3.43. The normalized spacial score (nSPS) is 11.3. The molecule has 1 aromatic carbocycles. The van der Waals surface area contributed by atoms with E-state index in [2.05, 4.69) is 5.43 Å². The number of benzene rings is 1. The number of nitrogen functional groups attached to an aromatic ring is 1. The first-order valence-corrected chi connectivity index (χ1v) is 5.80. The second-order valence-corrected chi connectivity index (χ2v) is 4.35. The first-order chi connectivity index (χ1) is 9.40. The van der Waals surface area contributed by atoms with Gasteiger partial charge in [0.2, 0.25) is 0 Å². The van der Waals surface area contributed by atoms with Crippen LogP contribution in [0.5, 0.6) is 0 Å². The van der Waals surface area contributed by atoms with Gasteiger partial charge in [0.15, 0.2) is 0 Å². The molecule has 3 N–H and O–H groups in total. The lowest BCUT2D eigenvalue weighted by atomic mass is 10.1. The van der Waals surface area contributed by atoms with Crippen LogP contribution in [-0.4, -0.2) is 29.3 Å². The molecule has 1 amide bonds. The van der Waals surface area contributed by atoms with Crippen molar-refractivity contribution in [3.05, 3.63) is 33.9 Å². The van der Waals surface area contributed by atoms with Crippen molar-refractivity contribution in [2.24, 2.45) is 11.8 Å². The number of amides is 1. The molecule has 20 heavy (non-hydrogen) atoms. The van der Waals surface area contributed by atoms with Gasteiger partial charge in [-0.1, -0.05) is 0 Å². The van der Waals surface area contributed by atoms with E-state index in [1.54, 1.807) is 14.0 Å². The summed E-state index contributed by atoms with van der Waals surface area (Å²) in [6, 6.07) is 5.92. The van der Waals surface area contributed by atoms with Gasteiger partial charge in [-0.2, -0.15) is 5.26 Å². The fourth-order valence-corrected chi connectivity index (χ4v) is 1.70. The van der Waals surface area contributed by atoms with Crippen molar-refractivity contribution in [2.75, 3.05) is 19.0 Å². The van der Waals surface area contributed by atoms with Crippen molar-refractivity contribution in [1.82, 2.24) is 4.90 Å². The summed E-state index contributed by atoms with van der Waals surface area (Å²) in [6.45, 7) is 1.98. The molecule has 1 unspecified atom stereocenters. The maximum Gasteiger partial charge on any atom is 0.293 e. The molecule has 0 saturated carbocycles. The Bertz CT molecular complexity index is 567. The Morgan fingerprint density at radius 1 is 1.65 bits per heavy atom. The smallest absolute Gasteiger partial charge is 0.293 e. The van der Waals surface area contributed by atoms with Gasteiger partial charge in [-0.25, -0.2) is 0 Å². The SMILES string of the molecule is CC(C#N)CN(C)C(=O)c1ccc([N+](=O)[O-])c(NN)c1. The molecule has 0 aliphatic heterocycles. The number of carbonyl (C=O) groups excluding carboxylic acids is 1. The van der Waals surface area contributed by atoms with Crippen LogP contribution >= 0.6 is 0 Å². The average molecular weight is 277 g/mol. The van der Waals surface area contributed by atoms with Crippen molar-refractivity contribution in [3.63, 3.8) is 0 Å². The van der Waals surface area contributed by atoms with Crippen molar-refractivity contribution in [2.45, 2.75) is 6.92 Å². The fraction of sp³-hybridized carbons (Fsp3) is 0.333. The highest BCUT2D eigenvalue weighted by atomic mass is 16.6. The number of nitrogens with two attached hydrogens (primary N) is 1. The number of nitro groups is 1. The molecule has 0 aromatic heterocycles. The van der Waals surface area contributed by atoms with Gasteiger partial charge in [-0.05, 0) is 19.1 Å². The number of rotatable bonds is 5. The van der Waals surface area contributed by atoms with Crippen LogP contribution < -0.4 is 11.3 Å². The molecule has 0 aliphatic rings. The molecule has 0 fully saturated rings. The van der Waals surface area contributed by atoms with Gasteiger partial charge in [0.05, 0.1) is 16.9 Å². The Hall–Kier alpha value is -2.66. The number of hydrogen-bond donors (Lipinski definition) is 2. The number of nitriles is 1. The molecule has 8 nitrogen and oxygen atoms in total. The minimum atomic E-state index is -0.592. The molecule has 0 saturated heterocycles. The zero-order chi connectivity index (χ0) is 15.3. The van der Waals surface area contributed by atoms with E-state index in [1.807, 2.05) is 6.07 Å². The van der Waals surface area contributed by atoms with E-state index >= 15 is 0 Å². The standard InChI is InChI=1S/C12H15N5O3/c1-8(6-13)7-16(2)12(18)9-3-4-11(17(19)20)10(5-9)15-14/h3-5,8,15H,7,14H2,1-2H3. The maximum atomic E-state index is 12.1. The minimum Gasteiger partial charge on any atom is -0.340 e. The van der Waals surface area contributed by atoms with Gasteiger partial charge >= 0.3 is 0 Å². The molecule has 0 bridgehead atoms. The first-order valence-electron chi connectivity index (χ1n) is 5.80. The maximum absolute atomic E-state index is 12.1. The number of nitrogens with zero attached hydrogens (tertiary/aromatic N) is 3. The Labute approximate surface area is 115 Å². The zero-order valence-corrected chi connectivity index (χ0v) is 11.2. The summed E-state index contributed by atoms with van der Waals surface area (Å²) in [4.78, 5) is 23.7. The van der Waals surface area contributed by atoms with Crippen LogP contribution in [0.25, 0.3) is 0 Å². The van der Waals surface area contributed by atoms with E-state index < -0.39 is 4.92 Å². The van der Waals surface area contributed by atoms with Crippen molar-refractivity contribution >= 4 is 17.3 Å². The minimum absolute atomic E-state index is 0.0579. The van der Waals surface area contributed by atoms with Crippen LogP contribution in [0.1, 0.15) is 17.3 Å². The van der Waals surface area contributed by atoms with Crippen molar-refractivity contribution in [3.8, 4) is 6.07 Å². The van der Waals surface area contributed by atoms with Crippen LogP contribution in [0.3, 0.4) is 0 Å². The van der Waals surface area contributed by atoms with E-state index in [0.717, 1.165) is 0 Å². The summed E-state index contributed by atoms with van der Waals surface area (Å²) in [5.74, 6) is 4.58. The summed E-state index contributed by atoms with van der Waals surface area (Å²) < 4.78 is 0. The Morgan fingerprint density at radius 2 is 2.30 bits per heavy atom. The molecule has 1 aromatic rings. The summed E-state index contributed by atoms with van der Waals surface area (Å²) in [6.07, 6.45) is 0. The van der Waals surface area contributed by atoms with Crippen LogP contribution in [-0.2, 0) is 0 Å². The second kappa shape index (κ2) is 6.49. The number of nitrogens with one attached hydrogen (secondary N) is 1. The molecule has 8 heteroatoms. The number of carbonyl (C=O) groups is 1. The highest BCUT2D eigenvalue weighted by Crippen LogP contribution is 2.25. The Kier molecular flexibility index (Phi) is 5.00. The molecule has 0 aliphatic carbocycles. The molecule has 0 radical (unpaired) electrons. The van der Waals surface area contributed by atoms with Crippen LogP contribution in [0, 0.1) is 27.4 Å². The monoisotopic (exact) mass is 277 g/mol. The van der Waals surface area contributed by atoms with Crippen molar-refractivity contribution < 1.29 is 9.72 Å². The Balaban J connectivity index is 3.00. The lowest BCUT2D eigenvalue weighted by Crippen LogP contribution is -2.30. The number of nitro benzene ring substituents is 1. The quantitative estimate of drug-likeness (QED) is 0.471. The van der Waals surface area contributed by atoms with Crippen LogP contribution in [0.4, 0.5) is 11.4 Å². The zero-order valence-electron chi connectivity index (χ0n) is 11.2. The van der Waals surface area contributed by atoms with E-state index in [4.69, 9.17) is 11.1 Å². The van der Waals surface area contributed by atoms with Gasteiger partial charge in [0, 0.05) is 25.2 Å². The molecule has 1 rings (SSSR count). The van der Waals surface area contributed by atoms with Crippen LogP contribution in [0.2, 0.25) is 0 Å². The van der Waals surface area contributed by atoms with Gasteiger partial charge in [0.1, 0.15) is 5.69 Å². The van der Waals surface area contributed by atoms with Gasteiger partial charge in [-0.15, -0.1) is 0 Å². The molecule has 0 heterocycles. The van der Waals surface area contributed by atoms with Gasteiger partial charge < -0.3 is 10.3 Å². The summed E-state index contributed by atoms with van der Waals surface area (Å²) in [5.41, 5.74) is 2.31. The van der Waals surface area contributed by atoms with E-state index in [9.17, 15) is 14.9 Å². The number of hydrazine groups is 1. The van der Waals surface area contributed by atoms with Gasteiger partial charge in [0.25, 0.3) is 11.6 Å². The number of anilines is 1. The van der Waals surface area contributed by atoms with E-state index in [1.165, 1.54) is 23.1 Å². The summed E-state index contributed by atoms with van der Waals surface area (Å²) >= 11 is 0. The highest BCUT2D eigenvalue weighted by Gasteiger charge is 2.19. The van der Waals surface area contributed by atoms with Gasteiger partial charge in [-0.3, -0.25) is 20.8 Å². The topological polar surface area (TPSA) is 125 Å². The summed E-state index contributed by atoms with van der Waals surface area (Å²) in [7, 11) is 1.56. The van der Waals surface area contributed by atoms with Crippen LogP contribution in [0.15, 0.2) is 18.2 Å². The molecule has 106 valence electrons. The average Bonchev–Trinajstić information content (AvgIpc) is 2.45. The lowest BCUT2D eigenvalue weighted by molar-refractivity contribution is -0.384. The molecule has 1 atom stereocenters. The van der Waals surface area contributed by atoms with Crippen molar-refractivity contribution in [1.29, 1.82) is 5.26 Å². The highest BCUT2D eigenvalue weighted by molar-refractivity contribution is 5.95. The van der Waals surface area contributed by atoms with E-state index in [0.29, 0.717) is 0 Å². The summed E-state index contributed by atoms with van der Waals surface area (Å²) in [5, 5.41) is 19.5. The predicted molar refractivity (Wildman–Crippen MR) is 72.6 cm³/mol. The number of hydrogen-bond acceptors (Lipinski definition) is 6. The largest absolute Gasteiger partial charge is 0.340 e. The first kappa shape index (κ1) is 15.4. The fourth-order valence-electron chi connectivity index (χ4n) is 1.70.